The van der Waals surface area contributed by atoms with Crippen LogP contribution in [-0.4, -0.2) is 21.9 Å². The molecule has 0 radical (unpaired) electrons. The van der Waals surface area contributed by atoms with Crippen LogP contribution in [0.1, 0.15) is 27.7 Å². The van der Waals surface area contributed by atoms with Crippen LogP contribution in [0.25, 0.3) is 10.9 Å². The van der Waals surface area contributed by atoms with Gasteiger partial charge in [-0.05, 0) is 33.8 Å². The highest BCUT2D eigenvalue weighted by atomic mass is 32.2. The number of para-hydroxylation sites is 1. The fourth-order valence-corrected chi connectivity index (χ4v) is 3.33. The average Bonchev–Trinajstić information content (AvgIpc) is 2.77. The fourth-order valence-electron chi connectivity index (χ4n) is 2.18. The van der Waals surface area contributed by atoms with Gasteiger partial charge in [-0.25, -0.2) is 0 Å². The van der Waals surface area contributed by atoms with Crippen LogP contribution < -0.4 is 0 Å². The average molecular weight is 291 g/mol. The number of carbonyl (C=O) groups excluding carboxylic acids is 1. The van der Waals surface area contributed by atoms with Crippen LogP contribution in [0.5, 0.6) is 0 Å². The van der Waals surface area contributed by atoms with Crippen molar-refractivity contribution in [3.63, 3.8) is 0 Å². The second-order valence-electron chi connectivity index (χ2n) is 5.13. The molecule has 0 spiro atoms. The lowest BCUT2D eigenvalue weighted by Crippen LogP contribution is -2.29. The van der Waals surface area contributed by atoms with Crippen molar-refractivity contribution in [3.8, 4) is 0 Å². The van der Waals surface area contributed by atoms with Gasteiger partial charge in [0.05, 0.1) is 6.61 Å². The summed E-state index contributed by atoms with van der Waals surface area (Å²) < 4.78 is 6.78. The maximum Gasteiger partial charge on any atom is 0.321 e. The van der Waals surface area contributed by atoms with Crippen molar-refractivity contribution in [2.75, 3.05) is 6.61 Å². The van der Waals surface area contributed by atoms with Gasteiger partial charge in [-0.3, -0.25) is 4.79 Å². The Morgan fingerprint density at radius 3 is 2.65 bits per heavy atom. The maximum atomic E-state index is 12.0. The summed E-state index contributed by atoms with van der Waals surface area (Å²) in [4.78, 5) is 13.2. The zero-order valence-electron chi connectivity index (χ0n) is 12.5. The largest absolute Gasteiger partial charge is 0.465 e. The number of nitrogens with zero attached hydrogens (tertiary/aromatic N) is 1. The summed E-state index contributed by atoms with van der Waals surface area (Å²) >= 11 is 1.56. The van der Waals surface area contributed by atoms with Gasteiger partial charge in [-0.15, -0.1) is 11.8 Å². The lowest BCUT2D eigenvalue weighted by molar-refractivity contribution is -0.145. The van der Waals surface area contributed by atoms with Gasteiger partial charge in [-0.1, -0.05) is 18.2 Å². The smallest absolute Gasteiger partial charge is 0.321 e. The van der Waals surface area contributed by atoms with Crippen LogP contribution in [0.4, 0.5) is 0 Å². The predicted molar refractivity (Wildman–Crippen MR) is 84.2 cm³/mol. The molecule has 0 atom stereocenters. The molecule has 3 nitrogen and oxygen atoms in total. The molecular weight excluding hydrogens is 270 g/mol. The molecule has 1 aromatic heterocycles. The quantitative estimate of drug-likeness (QED) is 0.614. The molecule has 1 aromatic carbocycles. The van der Waals surface area contributed by atoms with Crippen LogP contribution in [0.3, 0.4) is 0 Å². The standard InChI is InChI=1S/C16H21NO2S/c1-5-17-11-14(12-9-7-8-10-13(12)17)20-16(3,4)15(18)19-6-2/h7-11H,5-6H2,1-4H3. The second kappa shape index (κ2) is 5.92. The zero-order valence-corrected chi connectivity index (χ0v) is 13.3. The second-order valence-corrected chi connectivity index (χ2v) is 6.79. The van der Waals surface area contributed by atoms with Gasteiger partial charge in [0.2, 0.25) is 0 Å². The minimum atomic E-state index is -0.585. The highest BCUT2D eigenvalue weighted by Crippen LogP contribution is 2.38. The molecule has 1 heterocycles. The summed E-state index contributed by atoms with van der Waals surface area (Å²) in [6.07, 6.45) is 2.12. The number of aromatic nitrogens is 1. The van der Waals surface area contributed by atoms with Crippen molar-refractivity contribution in [3.05, 3.63) is 30.5 Å². The number of ether oxygens (including phenoxy) is 1. The molecule has 0 aliphatic carbocycles. The first kappa shape index (κ1) is 15.0. The number of aryl methyl sites for hydroxylation is 1. The third-order valence-corrected chi connectivity index (χ3v) is 4.45. The Morgan fingerprint density at radius 1 is 1.30 bits per heavy atom. The van der Waals surface area contributed by atoms with Gasteiger partial charge in [0, 0.05) is 28.5 Å². The Kier molecular flexibility index (Phi) is 4.43. The number of benzene rings is 1. The first-order valence-corrected chi connectivity index (χ1v) is 7.75. The molecule has 2 rings (SSSR count). The van der Waals surface area contributed by atoms with E-state index in [2.05, 4.69) is 29.8 Å². The maximum absolute atomic E-state index is 12.0. The summed E-state index contributed by atoms with van der Waals surface area (Å²) in [6.45, 7) is 9.11. The minimum absolute atomic E-state index is 0.168. The number of hydrogen-bond donors (Lipinski definition) is 0. The Bertz CT molecular complexity index is 616. The van der Waals surface area contributed by atoms with Gasteiger partial charge in [0.1, 0.15) is 4.75 Å². The van der Waals surface area contributed by atoms with Crippen molar-refractivity contribution in [2.45, 2.75) is 43.9 Å². The Labute approximate surface area is 124 Å². The molecule has 0 aliphatic heterocycles. The first-order valence-electron chi connectivity index (χ1n) is 6.93. The monoisotopic (exact) mass is 291 g/mol. The van der Waals surface area contributed by atoms with Crippen LogP contribution in [0.2, 0.25) is 0 Å². The molecule has 0 unspecified atom stereocenters. The Balaban J connectivity index is 2.36. The highest BCUT2D eigenvalue weighted by Gasteiger charge is 2.31. The van der Waals surface area contributed by atoms with E-state index in [-0.39, 0.29) is 5.97 Å². The molecule has 0 amide bonds. The topological polar surface area (TPSA) is 31.2 Å². The van der Waals surface area contributed by atoms with Crippen molar-refractivity contribution in [1.82, 2.24) is 4.57 Å². The van der Waals surface area contributed by atoms with Crippen LogP contribution in [0.15, 0.2) is 35.4 Å². The molecule has 0 fully saturated rings. The fraction of sp³-hybridized carbons (Fsp3) is 0.438. The first-order chi connectivity index (χ1) is 9.49. The van der Waals surface area contributed by atoms with E-state index < -0.39 is 4.75 Å². The van der Waals surface area contributed by atoms with Gasteiger partial charge < -0.3 is 9.30 Å². The van der Waals surface area contributed by atoms with Gasteiger partial charge in [-0.2, -0.15) is 0 Å². The third kappa shape index (κ3) is 2.85. The van der Waals surface area contributed by atoms with E-state index in [0.717, 1.165) is 11.4 Å². The van der Waals surface area contributed by atoms with Gasteiger partial charge in [0.15, 0.2) is 0 Å². The van der Waals surface area contributed by atoms with E-state index >= 15 is 0 Å². The van der Waals surface area contributed by atoms with Gasteiger partial charge in [0.25, 0.3) is 0 Å². The van der Waals surface area contributed by atoms with E-state index in [9.17, 15) is 4.79 Å². The van der Waals surface area contributed by atoms with E-state index in [1.54, 1.807) is 11.8 Å². The molecule has 0 N–H and O–H groups in total. The van der Waals surface area contributed by atoms with E-state index in [4.69, 9.17) is 4.74 Å². The molecule has 0 aliphatic rings. The lowest BCUT2D eigenvalue weighted by atomic mass is 10.2. The molecule has 4 heteroatoms. The number of esters is 1. The third-order valence-electron chi connectivity index (χ3n) is 3.22. The van der Waals surface area contributed by atoms with E-state index in [0.29, 0.717) is 6.61 Å². The number of fused-ring (bicyclic) bond motifs is 1. The number of carbonyl (C=O) groups is 1. The van der Waals surface area contributed by atoms with Gasteiger partial charge >= 0.3 is 5.97 Å². The summed E-state index contributed by atoms with van der Waals surface area (Å²) in [7, 11) is 0. The summed E-state index contributed by atoms with van der Waals surface area (Å²) in [5.74, 6) is -0.168. The molecule has 0 saturated heterocycles. The highest BCUT2D eigenvalue weighted by molar-refractivity contribution is 8.01. The number of thioether (sulfide) groups is 1. The summed E-state index contributed by atoms with van der Waals surface area (Å²) in [5, 5.41) is 1.19. The van der Waals surface area contributed by atoms with Crippen molar-refractivity contribution < 1.29 is 9.53 Å². The van der Waals surface area contributed by atoms with Crippen molar-refractivity contribution in [2.24, 2.45) is 0 Å². The molecule has 108 valence electrons. The zero-order chi connectivity index (χ0) is 14.8. The Morgan fingerprint density at radius 2 is 2.00 bits per heavy atom. The number of rotatable bonds is 5. The van der Waals surface area contributed by atoms with Crippen LogP contribution >= 0.6 is 11.8 Å². The van der Waals surface area contributed by atoms with E-state index in [1.807, 2.05) is 32.9 Å². The molecular formula is C16H21NO2S. The summed E-state index contributed by atoms with van der Waals surface area (Å²) in [6, 6.07) is 8.29. The predicted octanol–water partition coefficient (Wildman–Crippen LogP) is 4.10. The molecule has 0 bridgehead atoms. The lowest BCUT2D eigenvalue weighted by Gasteiger charge is -2.21. The summed E-state index contributed by atoms with van der Waals surface area (Å²) in [5.41, 5.74) is 1.21. The number of hydrogen-bond acceptors (Lipinski definition) is 3. The molecule has 20 heavy (non-hydrogen) atoms. The normalized spacial score (nSPS) is 11.8. The van der Waals surface area contributed by atoms with Crippen LogP contribution in [0, 0.1) is 0 Å². The minimum Gasteiger partial charge on any atom is -0.465 e. The SMILES string of the molecule is CCOC(=O)C(C)(C)Sc1cn(CC)c2ccccc12. The molecule has 0 saturated carbocycles. The molecule has 2 aromatic rings. The van der Waals surface area contributed by atoms with E-state index in [1.165, 1.54) is 10.9 Å². The van der Waals surface area contributed by atoms with Crippen molar-refractivity contribution in [1.29, 1.82) is 0 Å². The van der Waals surface area contributed by atoms with Crippen LogP contribution in [-0.2, 0) is 16.1 Å². The van der Waals surface area contributed by atoms with Crippen molar-refractivity contribution >= 4 is 28.6 Å². The Hall–Kier alpha value is -1.42.